The van der Waals surface area contributed by atoms with Gasteiger partial charge in [-0.25, -0.2) is 0 Å². The molecule has 4 unspecified atom stereocenters. The molecule has 2 aliphatic carbocycles. The molecule has 86 valence electrons. The van der Waals surface area contributed by atoms with Gasteiger partial charge in [0.2, 0.25) is 0 Å². The van der Waals surface area contributed by atoms with Crippen LogP contribution >= 0.6 is 0 Å². The average molecular weight is 212 g/mol. The number of aliphatic hydroxyl groups is 1. The molecule has 0 radical (unpaired) electrons. The highest BCUT2D eigenvalue weighted by Gasteiger charge is 2.55. The maximum absolute atomic E-state index is 11.2. The van der Waals surface area contributed by atoms with Gasteiger partial charge in [0, 0.05) is 0 Å². The van der Waals surface area contributed by atoms with Crippen LogP contribution in [0.15, 0.2) is 0 Å². The lowest BCUT2D eigenvalue weighted by Gasteiger charge is -2.37. The summed E-state index contributed by atoms with van der Waals surface area (Å²) in [6.45, 7) is 1.98. The van der Waals surface area contributed by atoms with E-state index in [0.29, 0.717) is 18.8 Å². The molecule has 15 heavy (non-hydrogen) atoms. The van der Waals surface area contributed by atoms with Gasteiger partial charge in [-0.05, 0) is 43.9 Å². The second-order valence-corrected chi connectivity index (χ2v) is 5.25. The van der Waals surface area contributed by atoms with Crippen LogP contribution < -0.4 is 0 Å². The number of hydrogen-bond donors (Lipinski definition) is 2. The number of hydrogen-bond acceptors (Lipinski definition) is 2. The second kappa shape index (κ2) is 3.78. The second-order valence-electron chi connectivity index (χ2n) is 5.25. The van der Waals surface area contributed by atoms with Crippen molar-refractivity contribution in [2.45, 2.75) is 51.0 Å². The molecular formula is C12H20O3. The van der Waals surface area contributed by atoms with Gasteiger partial charge in [0.25, 0.3) is 0 Å². The summed E-state index contributed by atoms with van der Waals surface area (Å²) in [6.07, 6.45) is 5.41. The van der Waals surface area contributed by atoms with E-state index in [4.69, 9.17) is 0 Å². The van der Waals surface area contributed by atoms with E-state index in [1.807, 2.05) is 6.92 Å². The van der Waals surface area contributed by atoms with Gasteiger partial charge in [-0.15, -0.1) is 0 Å². The minimum atomic E-state index is -0.898. The van der Waals surface area contributed by atoms with Crippen molar-refractivity contribution in [2.75, 3.05) is 0 Å². The van der Waals surface area contributed by atoms with E-state index in [1.165, 1.54) is 6.42 Å². The Morgan fingerprint density at radius 2 is 2.27 bits per heavy atom. The first-order valence-corrected chi connectivity index (χ1v) is 6.03. The molecule has 0 aromatic rings. The first-order valence-electron chi connectivity index (χ1n) is 6.03. The maximum Gasteiger partial charge on any atom is 0.309 e. The average Bonchev–Trinajstić information content (AvgIpc) is 2.73. The molecule has 3 heteroatoms. The number of carbonyl (C=O) groups is 1. The van der Waals surface area contributed by atoms with E-state index in [9.17, 15) is 15.0 Å². The Morgan fingerprint density at radius 3 is 2.67 bits per heavy atom. The first-order chi connectivity index (χ1) is 7.08. The van der Waals surface area contributed by atoms with Crippen molar-refractivity contribution in [1.29, 1.82) is 0 Å². The van der Waals surface area contributed by atoms with Gasteiger partial charge in [-0.3, -0.25) is 4.79 Å². The summed E-state index contributed by atoms with van der Waals surface area (Å²) < 4.78 is 0. The van der Waals surface area contributed by atoms with Gasteiger partial charge in [0.15, 0.2) is 0 Å². The molecule has 0 heterocycles. The summed E-state index contributed by atoms with van der Waals surface area (Å²) in [5.41, 5.74) is -0.898. The van der Waals surface area contributed by atoms with Crippen LogP contribution in [-0.2, 0) is 4.79 Å². The fraction of sp³-hybridized carbons (Fsp3) is 0.917. The first kappa shape index (κ1) is 10.9. The third-order valence-electron chi connectivity index (χ3n) is 4.34. The van der Waals surface area contributed by atoms with Crippen LogP contribution in [0.1, 0.15) is 45.4 Å². The van der Waals surface area contributed by atoms with Gasteiger partial charge >= 0.3 is 5.97 Å². The van der Waals surface area contributed by atoms with Crippen molar-refractivity contribution in [2.24, 2.45) is 17.8 Å². The summed E-state index contributed by atoms with van der Waals surface area (Å²) >= 11 is 0. The molecule has 2 aliphatic rings. The topological polar surface area (TPSA) is 57.5 Å². The molecule has 2 bridgehead atoms. The summed E-state index contributed by atoms with van der Waals surface area (Å²) in [7, 11) is 0. The summed E-state index contributed by atoms with van der Waals surface area (Å²) in [6, 6.07) is 0. The minimum Gasteiger partial charge on any atom is -0.481 e. The largest absolute Gasteiger partial charge is 0.481 e. The Labute approximate surface area is 90.5 Å². The van der Waals surface area contributed by atoms with Gasteiger partial charge in [0.05, 0.1) is 11.5 Å². The molecule has 2 fully saturated rings. The molecule has 4 atom stereocenters. The van der Waals surface area contributed by atoms with Crippen LogP contribution in [0.2, 0.25) is 0 Å². The molecular weight excluding hydrogens is 192 g/mol. The number of aliphatic carboxylic acids is 1. The zero-order chi connectivity index (χ0) is 11.1. The standard InChI is InChI=1S/C12H20O3/c1-2-3-10(11(13)14)12(15)7-8-4-5-9(12)6-8/h8-10,15H,2-7H2,1H3,(H,13,14). The zero-order valence-electron chi connectivity index (χ0n) is 9.28. The van der Waals surface area contributed by atoms with E-state index in [0.717, 1.165) is 19.3 Å². The minimum absolute atomic E-state index is 0.246. The van der Waals surface area contributed by atoms with Crippen LogP contribution in [0, 0.1) is 17.8 Å². The van der Waals surface area contributed by atoms with Gasteiger partial charge in [-0.2, -0.15) is 0 Å². The normalized spacial score (nSPS) is 40.7. The molecule has 0 aromatic carbocycles. The molecule has 2 N–H and O–H groups in total. The van der Waals surface area contributed by atoms with Crippen molar-refractivity contribution in [1.82, 2.24) is 0 Å². The molecule has 2 saturated carbocycles. The highest BCUT2D eigenvalue weighted by molar-refractivity contribution is 5.71. The number of carboxylic acids is 1. The van der Waals surface area contributed by atoms with E-state index in [2.05, 4.69) is 0 Å². The van der Waals surface area contributed by atoms with E-state index in [1.54, 1.807) is 0 Å². The van der Waals surface area contributed by atoms with Gasteiger partial charge < -0.3 is 10.2 Å². The third kappa shape index (κ3) is 1.67. The Bertz CT molecular complexity index is 264. The molecule has 0 amide bonds. The van der Waals surface area contributed by atoms with Crippen molar-refractivity contribution >= 4 is 5.97 Å². The maximum atomic E-state index is 11.2. The third-order valence-corrected chi connectivity index (χ3v) is 4.34. The van der Waals surface area contributed by atoms with Crippen LogP contribution in [0.25, 0.3) is 0 Å². The Morgan fingerprint density at radius 1 is 1.53 bits per heavy atom. The fourth-order valence-electron chi connectivity index (χ4n) is 3.65. The van der Waals surface area contributed by atoms with Gasteiger partial charge in [0.1, 0.15) is 0 Å². The summed E-state index contributed by atoms with van der Waals surface area (Å²) in [5, 5.41) is 19.8. The van der Waals surface area contributed by atoms with Gasteiger partial charge in [-0.1, -0.05) is 13.3 Å². The smallest absolute Gasteiger partial charge is 0.309 e. The van der Waals surface area contributed by atoms with E-state index < -0.39 is 17.5 Å². The molecule has 0 saturated heterocycles. The number of fused-ring (bicyclic) bond motifs is 2. The van der Waals surface area contributed by atoms with Crippen molar-refractivity contribution in [3.8, 4) is 0 Å². The summed E-state index contributed by atoms with van der Waals surface area (Å²) in [5.74, 6) is -0.529. The van der Waals surface area contributed by atoms with Crippen LogP contribution in [0.5, 0.6) is 0 Å². The molecule has 0 aliphatic heterocycles. The SMILES string of the molecule is CCCC(C(=O)O)C1(O)CC2CCC1C2. The Hall–Kier alpha value is -0.570. The lowest BCUT2D eigenvalue weighted by atomic mass is 9.73. The molecule has 2 rings (SSSR count). The van der Waals surface area contributed by atoms with Crippen molar-refractivity contribution in [3.63, 3.8) is 0 Å². The zero-order valence-corrected chi connectivity index (χ0v) is 9.28. The predicted octanol–water partition coefficient (Wildman–Crippen LogP) is 2.04. The monoisotopic (exact) mass is 212 g/mol. The lowest BCUT2D eigenvalue weighted by molar-refractivity contribution is -0.157. The highest BCUT2D eigenvalue weighted by atomic mass is 16.4. The van der Waals surface area contributed by atoms with Crippen LogP contribution in [0.4, 0.5) is 0 Å². The summed E-state index contributed by atoms with van der Waals surface area (Å²) in [4.78, 5) is 11.2. The fourth-order valence-corrected chi connectivity index (χ4v) is 3.65. The predicted molar refractivity (Wildman–Crippen MR) is 56.4 cm³/mol. The van der Waals surface area contributed by atoms with Crippen LogP contribution in [0.3, 0.4) is 0 Å². The van der Waals surface area contributed by atoms with Crippen molar-refractivity contribution in [3.05, 3.63) is 0 Å². The molecule has 0 spiro atoms. The quantitative estimate of drug-likeness (QED) is 0.749. The number of carboxylic acid groups (broad SMARTS) is 1. The number of rotatable bonds is 4. The Balaban J connectivity index is 2.16. The van der Waals surface area contributed by atoms with E-state index >= 15 is 0 Å². The molecule has 3 nitrogen and oxygen atoms in total. The van der Waals surface area contributed by atoms with Crippen molar-refractivity contribution < 1.29 is 15.0 Å². The van der Waals surface area contributed by atoms with Crippen LogP contribution in [-0.4, -0.2) is 21.8 Å². The van der Waals surface area contributed by atoms with E-state index in [-0.39, 0.29) is 5.92 Å². The Kier molecular flexibility index (Phi) is 2.75. The molecule has 0 aromatic heterocycles. The highest BCUT2D eigenvalue weighted by Crippen LogP contribution is 2.54. The lowest BCUT2D eigenvalue weighted by Crippen LogP contribution is -2.46.